The Morgan fingerprint density at radius 3 is 2.28 bits per heavy atom. The van der Waals surface area contributed by atoms with Gasteiger partial charge in [0.05, 0.1) is 5.69 Å². The Bertz CT molecular complexity index is 658. The van der Waals surface area contributed by atoms with Crippen LogP contribution < -0.4 is 5.69 Å². The van der Waals surface area contributed by atoms with E-state index in [2.05, 4.69) is 0 Å². The van der Waals surface area contributed by atoms with Gasteiger partial charge in [-0.2, -0.15) is 0 Å². The largest absolute Gasteiger partial charge is 0.349 e. The zero-order chi connectivity index (χ0) is 12.7. The summed E-state index contributed by atoms with van der Waals surface area (Å²) in [5.41, 5.74) is 0.700. The van der Waals surface area contributed by atoms with Crippen LogP contribution in [0.2, 0.25) is 5.02 Å². The second-order valence-corrected chi connectivity index (χ2v) is 5.13. The third-order valence-electron chi connectivity index (χ3n) is 3.19. The van der Waals surface area contributed by atoms with Gasteiger partial charge in [-0.3, -0.25) is 4.68 Å². The molecule has 4 nitrogen and oxygen atoms in total. The van der Waals surface area contributed by atoms with Gasteiger partial charge in [-0.1, -0.05) is 11.6 Å². The van der Waals surface area contributed by atoms with Gasteiger partial charge >= 0.3 is 5.69 Å². The monoisotopic (exact) mass is 281 g/mol. The van der Waals surface area contributed by atoms with Gasteiger partial charge in [0, 0.05) is 18.1 Å². The summed E-state index contributed by atoms with van der Waals surface area (Å²) >= 11 is 11.2. The van der Waals surface area contributed by atoms with E-state index in [1.54, 1.807) is 21.4 Å². The third-order valence-corrected chi connectivity index (χ3v) is 3.84. The highest BCUT2D eigenvalue weighted by Crippen LogP contribution is 2.14. The Hall–Kier alpha value is -1.33. The molecular weight excluding hydrogens is 270 g/mol. The lowest BCUT2D eigenvalue weighted by Gasteiger charge is -2.14. The molecule has 94 valence electrons. The summed E-state index contributed by atoms with van der Waals surface area (Å²) in [6.45, 7) is 1.55. The van der Waals surface area contributed by atoms with Gasteiger partial charge in [0.15, 0.2) is 0 Å². The summed E-state index contributed by atoms with van der Waals surface area (Å²) in [6.07, 6.45) is 2.09. The van der Waals surface area contributed by atoms with Crippen molar-refractivity contribution in [2.24, 2.45) is 0 Å². The highest BCUT2D eigenvalue weighted by molar-refractivity contribution is 7.71. The van der Waals surface area contributed by atoms with Gasteiger partial charge in [0.1, 0.15) is 0 Å². The summed E-state index contributed by atoms with van der Waals surface area (Å²) in [5, 5.41) is 0.648. The number of aromatic nitrogens is 3. The van der Waals surface area contributed by atoms with Crippen molar-refractivity contribution in [3.63, 3.8) is 0 Å². The van der Waals surface area contributed by atoms with E-state index in [4.69, 9.17) is 23.8 Å². The lowest BCUT2D eigenvalue weighted by atomic mass is 10.3. The molecule has 0 spiro atoms. The molecule has 0 bridgehead atoms. The summed E-state index contributed by atoms with van der Waals surface area (Å²) in [7, 11) is 0. The van der Waals surface area contributed by atoms with Crippen molar-refractivity contribution >= 4 is 23.8 Å². The van der Waals surface area contributed by atoms with E-state index in [-0.39, 0.29) is 5.69 Å². The Labute approximate surface area is 114 Å². The lowest BCUT2D eigenvalue weighted by molar-refractivity contribution is 0.352. The van der Waals surface area contributed by atoms with Crippen molar-refractivity contribution in [3.05, 3.63) is 44.5 Å². The number of halogens is 1. The van der Waals surface area contributed by atoms with E-state index in [0.717, 1.165) is 31.6 Å². The molecule has 0 saturated carbocycles. The van der Waals surface area contributed by atoms with Crippen LogP contribution in [0.1, 0.15) is 12.8 Å². The van der Waals surface area contributed by atoms with Gasteiger partial charge in [0.2, 0.25) is 4.77 Å². The normalized spacial score (nSPS) is 14.5. The van der Waals surface area contributed by atoms with Crippen LogP contribution in [0.5, 0.6) is 0 Å². The zero-order valence-electron chi connectivity index (χ0n) is 9.67. The molecule has 0 radical (unpaired) electrons. The number of nitrogens with zero attached hydrogens (tertiary/aromatic N) is 3. The quantitative estimate of drug-likeness (QED) is 0.753. The minimum absolute atomic E-state index is 0.0676. The Morgan fingerprint density at radius 1 is 1.06 bits per heavy atom. The molecule has 2 aromatic rings. The molecular formula is C12H12ClN3OS. The van der Waals surface area contributed by atoms with E-state index in [9.17, 15) is 4.79 Å². The van der Waals surface area contributed by atoms with Gasteiger partial charge < -0.3 is 0 Å². The number of hydrogen-bond donors (Lipinski definition) is 0. The first-order valence-corrected chi connectivity index (χ1v) is 6.66. The minimum Gasteiger partial charge on any atom is -0.256 e. The minimum atomic E-state index is -0.0676. The Kier molecular flexibility index (Phi) is 2.87. The first kappa shape index (κ1) is 11.7. The summed E-state index contributed by atoms with van der Waals surface area (Å²) < 4.78 is 5.73. The molecule has 6 heteroatoms. The van der Waals surface area contributed by atoms with Crippen LogP contribution in [0.25, 0.3) is 5.69 Å². The SMILES string of the molecule is O=c1n(-c2ccc(Cl)cc2)c(=S)n2n1CCCC2. The van der Waals surface area contributed by atoms with Gasteiger partial charge in [0.25, 0.3) is 0 Å². The molecule has 3 rings (SSSR count). The van der Waals surface area contributed by atoms with Crippen LogP contribution in [-0.4, -0.2) is 13.9 Å². The van der Waals surface area contributed by atoms with Crippen molar-refractivity contribution in [1.29, 1.82) is 0 Å². The van der Waals surface area contributed by atoms with E-state index < -0.39 is 0 Å². The van der Waals surface area contributed by atoms with Gasteiger partial charge in [-0.05, 0) is 49.3 Å². The summed E-state index contributed by atoms with van der Waals surface area (Å²) in [5.74, 6) is 0. The second kappa shape index (κ2) is 4.40. The second-order valence-electron chi connectivity index (χ2n) is 4.33. The highest BCUT2D eigenvalue weighted by atomic mass is 35.5. The molecule has 1 aliphatic heterocycles. The number of rotatable bonds is 1. The molecule has 18 heavy (non-hydrogen) atoms. The van der Waals surface area contributed by atoms with Gasteiger partial charge in [-0.15, -0.1) is 0 Å². The molecule has 0 atom stereocenters. The molecule has 0 aliphatic carbocycles. The lowest BCUT2D eigenvalue weighted by Crippen LogP contribution is -2.29. The predicted molar refractivity (Wildman–Crippen MR) is 73.1 cm³/mol. The molecule has 0 saturated heterocycles. The molecule has 1 aromatic carbocycles. The fourth-order valence-electron chi connectivity index (χ4n) is 2.29. The van der Waals surface area contributed by atoms with Crippen LogP contribution >= 0.6 is 23.8 Å². The topological polar surface area (TPSA) is 31.9 Å². The van der Waals surface area contributed by atoms with Crippen LogP contribution in [0, 0.1) is 4.77 Å². The van der Waals surface area contributed by atoms with Crippen LogP contribution in [-0.2, 0) is 13.1 Å². The maximum atomic E-state index is 12.3. The van der Waals surface area contributed by atoms with E-state index in [1.165, 1.54) is 0 Å². The number of hydrogen-bond acceptors (Lipinski definition) is 2. The molecule has 0 unspecified atom stereocenters. The predicted octanol–water partition coefficient (Wildman–Crippen LogP) is 2.62. The first-order valence-electron chi connectivity index (χ1n) is 5.87. The zero-order valence-corrected chi connectivity index (χ0v) is 11.2. The van der Waals surface area contributed by atoms with E-state index in [1.807, 2.05) is 16.8 Å². The fourth-order valence-corrected chi connectivity index (χ4v) is 2.79. The van der Waals surface area contributed by atoms with E-state index in [0.29, 0.717) is 9.79 Å². The van der Waals surface area contributed by atoms with Crippen molar-refractivity contribution < 1.29 is 0 Å². The van der Waals surface area contributed by atoms with Crippen molar-refractivity contribution in [3.8, 4) is 5.69 Å². The first-order chi connectivity index (χ1) is 8.68. The Balaban J connectivity index is 2.24. The highest BCUT2D eigenvalue weighted by Gasteiger charge is 2.16. The van der Waals surface area contributed by atoms with Gasteiger partial charge in [-0.25, -0.2) is 14.0 Å². The van der Waals surface area contributed by atoms with Crippen molar-refractivity contribution in [2.75, 3.05) is 0 Å². The smallest absolute Gasteiger partial charge is 0.256 e. The van der Waals surface area contributed by atoms with Crippen molar-refractivity contribution in [1.82, 2.24) is 13.9 Å². The molecule has 2 heterocycles. The standard InChI is InChI=1S/C12H12ClN3OS/c13-9-3-5-10(6-4-9)16-11(17)14-7-1-2-8-15(14)12(16)18/h3-6H,1-2,7-8H2. The average molecular weight is 282 g/mol. The average Bonchev–Trinajstić information content (AvgIpc) is 2.64. The number of benzene rings is 1. The molecule has 0 amide bonds. The van der Waals surface area contributed by atoms with Crippen LogP contribution in [0.15, 0.2) is 29.1 Å². The maximum absolute atomic E-state index is 12.3. The van der Waals surface area contributed by atoms with Crippen molar-refractivity contribution in [2.45, 2.75) is 25.9 Å². The third kappa shape index (κ3) is 1.74. The van der Waals surface area contributed by atoms with Crippen LogP contribution in [0.4, 0.5) is 0 Å². The summed E-state index contributed by atoms with van der Waals surface area (Å²) in [4.78, 5) is 12.3. The van der Waals surface area contributed by atoms with E-state index >= 15 is 0 Å². The summed E-state index contributed by atoms with van der Waals surface area (Å²) in [6, 6.07) is 7.15. The maximum Gasteiger partial charge on any atom is 0.349 e. The molecule has 0 N–H and O–H groups in total. The molecule has 1 aliphatic rings. The number of fused-ring (bicyclic) bond motifs is 1. The fraction of sp³-hybridized carbons (Fsp3) is 0.333. The Morgan fingerprint density at radius 2 is 1.67 bits per heavy atom. The van der Waals surface area contributed by atoms with Crippen LogP contribution in [0.3, 0.4) is 0 Å². The molecule has 1 aromatic heterocycles. The molecule has 0 fully saturated rings.